The average Bonchev–Trinajstić information content (AvgIpc) is 2.93. The van der Waals surface area contributed by atoms with Crippen molar-refractivity contribution in [1.29, 1.82) is 0 Å². The monoisotopic (exact) mass is 291 g/mol. The van der Waals surface area contributed by atoms with E-state index in [0.717, 1.165) is 45.1 Å². The number of rotatable bonds is 2. The lowest BCUT2D eigenvalue weighted by Gasteiger charge is -2.43. The molecular formula is C16H25N3O2. The predicted molar refractivity (Wildman–Crippen MR) is 79.8 cm³/mol. The fraction of sp³-hybridized carbons (Fsp3) is 0.750. The Morgan fingerprint density at radius 3 is 2.71 bits per heavy atom. The summed E-state index contributed by atoms with van der Waals surface area (Å²) in [6, 6.07) is 1.97. The number of nitrogens with zero attached hydrogens (tertiary/aromatic N) is 3. The Labute approximate surface area is 125 Å². The van der Waals surface area contributed by atoms with E-state index < -0.39 is 0 Å². The van der Waals surface area contributed by atoms with E-state index in [-0.39, 0.29) is 24.0 Å². The number of likely N-dealkylation sites (tertiary alicyclic amines) is 1. The van der Waals surface area contributed by atoms with Crippen LogP contribution in [0.4, 0.5) is 0 Å². The van der Waals surface area contributed by atoms with Crippen molar-refractivity contribution < 1.29 is 9.90 Å². The van der Waals surface area contributed by atoms with Gasteiger partial charge in [-0.15, -0.1) is 0 Å². The van der Waals surface area contributed by atoms with Crippen LogP contribution in [-0.4, -0.2) is 44.4 Å². The van der Waals surface area contributed by atoms with Crippen LogP contribution < -0.4 is 0 Å². The molecule has 1 aliphatic carbocycles. The maximum Gasteiger partial charge on any atom is 0.272 e. The van der Waals surface area contributed by atoms with E-state index >= 15 is 0 Å². The molecule has 1 amide bonds. The Morgan fingerprint density at radius 2 is 2.00 bits per heavy atom. The molecule has 5 heteroatoms. The molecule has 2 aliphatic rings. The molecule has 0 aromatic carbocycles. The van der Waals surface area contributed by atoms with Crippen LogP contribution in [0.2, 0.25) is 0 Å². The van der Waals surface area contributed by atoms with Crippen molar-refractivity contribution in [2.75, 3.05) is 6.54 Å². The number of aryl methyl sites for hydroxylation is 1. The summed E-state index contributed by atoms with van der Waals surface area (Å²) in [4.78, 5) is 14.8. The van der Waals surface area contributed by atoms with Crippen molar-refractivity contribution in [3.63, 3.8) is 0 Å². The highest BCUT2D eigenvalue weighted by Gasteiger charge is 2.38. The van der Waals surface area contributed by atoms with Gasteiger partial charge in [0.05, 0.1) is 6.10 Å². The van der Waals surface area contributed by atoms with Crippen LogP contribution in [0.1, 0.15) is 55.4 Å². The summed E-state index contributed by atoms with van der Waals surface area (Å²) in [7, 11) is 1.81. The zero-order chi connectivity index (χ0) is 14.8. The molecule has 1 aliphatic heterocycles. The van der Waals surface area contributed by atoms with Crippen molar-refractivity contribution in [3.05, 3.63) is 18.0 Å². The zero-order valence-electron chi connectivity index (χ0n) is 12.7. The van der Waals surface area contributed by atoms with Crippen molar-refractivity contribution in [2.45, 2.75) is 57.1 Å². The van der Waals surface area contributed by atoms with Gasteiger partial charge < -0.3 is 10.0 Å². The molecule has 1 saturated carbocycles. The number of aromatic nitrogens is 2. The van der Waals surface area contributed by atoms with Crippen LogP contribution in [-0.2, 0) is 7.05 Å². The number of amides is 1. The highest BCUT2D eigenvalue weighted by Crippen LogP contribution is 2.34. The fourth-order valence-electron chi connectivity index (χ4n) is 3.97. The van der Waals surface area contributed by atoms with Crippen molar-refractivity contribution in [1.82, 2.24) is 14.7 Å². The SMILES string of the molecule is Cn1nccc1C(=O)N1CCCCC1C1CCCCC1O. The van der Waals surface area contributed by atoms with Gasteiger partial charge in [-0.25, -0.2) is 0 Å². The third kappa shape index (κ3) is 2.84. The van der Waals surface area contributed by atoms with Gasteiger partial charge in [0.1, 0.15) is 5.69 Å². The van der Waals surface area contributed by atoms with Crippen LogP contribution >= 0.6 is 0 Å². The van der Waals surface area contributed by atoms with Crippen LogP contribution in [0, 0.1) is 5.92 Å². The Kier molecular flexibility index (Phi) is 4.29. The molecule has 2 heterocycles. The average molecular weight is 291 g/mol. The van der Waals surface area contributed by atoms with Crippen LogP contribution in [0.25, 0.3) is 0 Å². The second kappa shape index (κ2) is 6.18. The quantitative estimate of drug-likeness (QED) is 0.906. The largest absolute Gasteiger partial charge is 0.393 e. The minimum Gasteiger partial charge on any atom is -0.393 e. The number of aliphatic hydroxyl groups excluding tert-OH is 1. The predicted octanol–water partition coefficient (Wildman–Crippen LogP) is 1.97. The lowest BCUT2D eigenvalue weighted by Crippen LogP contribution is -2.51. The smallest absolute Gasteiger partial charge is 0.272 e. The summed E-state index contributed by atoms with van der Waals surface area (Å²) in [5.41, 5.74) is 0.646. The topological polar surface area (TPSA) is 58.4 Å². The van der Waals surface area contributed by atoms with Gasteiger partial charge in [0.25, 0.3) is 5.91 Å². The number of piperidine rings is 1. The Balaban J connectivity index is 1.81. The summed E-state index contributed by atoms with van der Waals surface area (Å²) in [6.07, 6.45) is 8.87. The molecule has 3 atom stereocenters. The number of carbonyl (C=O) groups is 1. The first-order chi connectivity index (χ1) is 10.2. The van der Waals surface area contributed by atoms with E-state index in [9.17, 15) is 9.90 Å². The molecule has 116 valence electrons. The summed E-state index contributed by atoms with van der Waals surface area (Å²) in [5, 5.41) is 14.5. The molecule has 1 aromatic rings. The maximum absolute atomic E-state index is 12.8. The Hall–Kier alpha value is -1.36. The van der Waals surface area contributed by atoms with Gasteiger partial charge in [0.2, 0.25) is 0 Å². The normalized spacial score (nSPS) is 30.4. The molecule has 21 heavy (non-hydrogen) atoms. The third-order valence-corrected chi connectivity index (χ3v) is 5.13. The minimum absolute atomic E-state index is 0.0671. The van der Waals surface area contributed by atoms with Gasteiger partial charge in [-0.1, -0.05) is 12.8 Å². The van der Waals surface area contributed by atoms with Crippen LogP contribution in [0.3, 0.4) is 0 Å². The van der Waals surface area contributed by atoms with Crippen molar-refractivity contribution in [3.8, 4) is 0 Å². The highest BCUT2D eigenvalue weighted by molar-refractivity contribution is 5.92. The standard InChI is InChI=1S/C16H25N3O2/c1-18-14(9-10-17-18)16(21)19-11-5-4-7-13(19)12-6-2-3-8-15(12)20/h9-10,12-13,15,20H,2-8,11H2,1H3. The number of aliphatic hydroxyl groups is 1. The summed E-state index contributed by atoms with van der Waals surface area (Å²) in [5.74, 6) is 0.314. The molecule has 2 fully saturated rings. The molecule has 1 aromatic heterocycles. The zero-order valence-corrected chi connectivity index (χ0v) is 12.7. The van der Waals surface area contributed by atoms with Crippen molar-refractivity contribution >= 4 is 5.91 Å². The second-order valence-electron chi connectivity index (χ2n) is 6.42. The van der Waals surface area contributed by atoms with Gasteiger partial charge in [0.15, 0.2) is 0 Å². The van der Waals surface area contributed by atoms with Gasteiger partial charge in [-0.2, -0.15) is 5.10 Å². The molecule has 3 rings (SSSR count). The van der Waals surface area contributed by atoms with Gasteiger partial charge >= 0.3 is 0 Å². The highest BCUT2D eigenvalue weighted by atomic mass is 16.3. The van der Waals surface area contributed by atoms with Crippen LogP contribution in [0.5, 0.6) is 0 Å². The van der Waals surface area contributed by atoms with Gasteiger partial charge in [-0.3, -0.25) is 9.48 Å². The van der Waals surface area contributed by atoms with E-state index in [1.165, 1.54) is 6.42 Å². The van der Waals surface area contributed by atoms with E-state index in [1.54, 1.807) is 16.9 Å². The fourth-order valence-corrected chi connectivity index (χ4v) is 3.97. The molecule has 0 spiro atoms. The van der Waals surface area contributed by atoms with E-state index in [4.69, 9.17) is 0 Å². The van der Waals surface area contributed by atoms with Crippen molar-refractivity contribution in [2.24, 2.45) is 13.0 Å². The lowest BCUT2D eigenvalue weighted by atomic mass is 9.78. The van der Waals surface area contributed by atoms with E-state index in [0.29, 0.717) is 5.69 Å². The van der Waals surface area contributed by atoms with E-state index in [2.05, 4.69) is 5.10 Å². The maximum atomic E-state index is 12.8. The molecule has 3 unspecified atom stereocenters. The summed E-state index contributed by atoms with van der Waals surface area (Å²) < 4.78 is 1.64. The Bertz CT molecular complexity index is 499. The molecule has 0 bridgehead atoms. The first-order valence-electron chi connectivity index (χ1n) is 8.15. The molecule has 0 radical (unpaired) electrons. The van der Waals surface area contributed by atoms with Gasteiger partial charge in [0, 0.05) is 31.7 Å². The summed E-state index contributed by atoms with van der Waals surface area (Å²) >= 11 is 0. The number of hydrogen-bond acceptors (Lipinski definition) is 3. The minimum atomic E-state index is -0.247. The number of hydrogen-bond donors (Lipinski definition) is 1. The Morgan fingerprint density at radius 1 is 1.24 bits per heavy atom. The van der Waals surface area contributed by atoms with Gasteiger partial charge in [-0.05, 0) is 38.2 Å². The summed E-state index contributed by atoms with van der Waals surface area (Å²) in [6.45, 7) is 0.803. The third-order valence-electron chi connectivity index (χ3n) is 5.13. The van der Waals surface area contributed by atoms with E-state index in [1.807, 2.05) is 11.9 Å². The molecular weight excluding hydrogens is 266 g/mol. The second-order valence-corrected chi connectivity index (χ2v) is 6.42. The lowest BCUT2D eigenvalue weighted by molar-refractivity contribution is -0.00170. The van der Waals surface area contributed by atoms with Crippen LogP contribution in [0.15, 0.2) is 12.3 Å². The molecule has 1 saturated heterocycles. The molecule has 5 nitrogen and oxygen atoms in total. The first kappa shape index (κ1) is 14.6. The molecule has 1 N–H and O–H groups in total. The first-order valence-corrected chi connectivity index (χ1v) is 8.15. The number of carbonyl (C=O) groups excluding carboxylic acids is 1.